The lowest BCUT2D eigenvalue weighted by atomic mass is 9.91. The molecule has 0 N–H and O–H groups in total. The molecule has 0 saturated heterocycles. The number of fused-ring (bicyclic) bond motifs is 1. The van der Waals surface area contributed by atoms with Gasteiger partial charge in [0.05, 0.1) is 0 Å². The van der Waals surface area contributed by atoms with E-state index in [1.807, 2.05) is 0 Å². The summed E-state index contributed by atoms with van der Waals surface area (Å²) in [5.41, 5.74) is 6.60. The molecule has 0 amide bonds. The van der Waals surface area contributed by atoms with E-state index >= 15 is 0 Å². The van der Waals surface area contributed by atoms with Crippen molar-refractivity contribution < 1.29 is 0 Å². The Kier molecular flexibility index (Phi) is 3.39. The predicted octanol–water partition coefficient (Wildman–Crippen LogP) is 6.19. The summed E-state index contributed by atoms with van der Waals surface area (Å²) < 4.78 is 1.17. The maximum atomic E-state index is 3.66. The van der Waals surface area contributed by atoms with Crippen molar-refractivity contribution >= 4 is 26.7 Å². The van der Waals surface area contributed by atoms with E-state index in [9.17, 15) is 0 Å². The molecule has 0 bridgehead atoms. The number of halogens is 1. The first-order valence-corrected chi connectivity index (χ1v) is 7.62. The lowest BCUT2D eigenvalue weighted by Gasteiger charge is -2.14. The topological polar surface area (TPSA) is 0 Å². The molecular weight excluding hydrogens is 308 g/mol. The maximum Gasteiger partial charge on any atom is 0.0211 e. The van der Waals surface area contributed by atoms with E-state index in [0.717, 1.165) is 0 Å². The molecule has 0 heterocycles. The van der Waals surface area contributed by atoms with Gasteiger partial charge >= 0.3 is 0 Å². The van der Waals surface area contributed by atoms with E-state index in [4.69, 9.17) is 0 Å². The molecule has 0 radical (unpaired) electrons. The van der Waals surface area contributed by atoms with Crippen LogP contribution in [0.3, 0.4) is 0 Å². The summed E-state index contributed by atoms with van der Waals surface area (Å²) in [6, 6.07) is 17.5. The average Bonchev–Trinajstić information content (AvgIpc) is 2.40. The molecule has 0 aliphatic rings. The number of benzene rings is 3. The molecule has 0 unspecified atom stereocenters. The van der Waals surface area contributed by atoms with E-state index in [1.165, 1.54) is 43.1 Å². The fourth-order valence-electron chi connectivity index (χ4n) is 2.87. The third kappa shape index (κ3) is 2.16. The number of hydrogen-bond acceptors (Lipinski definition) is 0. The van der Waals surface area contributed by atoms with Crippen molar-refractivity contribution in [2.24, 2.45) is 0 Å². The van der Waals surface area contributed by atoms with Gasteiger partial charge in [0, 0.05) is 4.47 Å². The highest BCUT2D eigenvalue weighted by Crippen LogP contribution is 2.35. The third-order valence-electron chi connectivity index (χ3n) is 3.91. The molecule has 0 aliphatic carbocycles. The van der Waals surface area contributed by atoms with E-state index in [2.05, 4.69) is 85.2 Å². The van der Waals surface area contributed by atoms with Crippen LogP contribution in [0.25, 0.3) is 21.9 Å². The summed E-state index contributed by atoms with van der Waals surface area (Å²) in [4.78, 5) is 0. The summed E-state index contributed by atoms with van der Waals surface area (Å²) >= 11 is 3.66. The normalized spacial score (nSPS) is 11.0. The Labute approximate surface area is 128 Å². The van der Waals surface area contributed by atoms with E-state index in [-0.39, 0.29) is 0 Å². The SMILES string of the molecule is Cc1cc2cccc(-c3c(C)cccc3C)c2cc1Br. The van der Waals surface area contributed by atoms with E-state index in [0.29, 0.717) is 0 Å². The van der Waals surface area contributed by atoms with Crippen molar-refractivity contribution in [3.8, 4) is 11.1 Å². The van der Waals surface area contributed by atoms with Crippen LogP contribution in [0.2, 0.25) is 0 Å². The summed E-state index contributed by atoms with van der Waals surface area (Å²) in [7, 11) is 0. The zero-order chi connectivity index (χ0) is 14.3. The molecule has 0 spiro atoms. The highest BCUT2D eigenvalue weighted by atomic mass is 79.9. The molecule has 1 heteroatoms. The van der Waals surface area contributed by atoms with Crippen molar-refractivity contribution in [2.75, 3.05) is 0 Å². The fraction of sp³-hybridized carbons (Fsp3) is 0.158. The summed E-state index contributed by atoms with van der Waals surface area (Å²) in [5, 5.41) is 2.60. The first-order valence-electron chi connectivity index (χ1n) is 6.83. The van der Waals surface area contributed by atoms with Crippen LogP contribution < -0.4 is 0 Å². The van der Waals surface area contributed by atoms with Gasteiger partial charge in [-0.05, 0) is 65.4 Å². The first kappa shape index (κ1) is 13.4. The van der Waals surface area contributed by atoms with E-state index in [1.54, 1.807) is 0 Å². The molecule has 0 aliphatic heterocycles. The average molecular weight is 325 g/mol. The second kappa shape index (κ2) is 5.06. The fourth-order valence-corrected chi connectivity index (χ4v) is 3.21. The molecule has 3 rings (SSSR count). The zero-order valence-corrected chi connectivity index (χ0v) is 13.6. The smallest absolute Gasteiger partial charge is 0.0211 e. The van der Waals surface area contributed by atoms with Crippen LogP contribution in [0, 0.1) is 20.8 Å². The quantitative estimate of drug-likeness (QED) is 0.500. The molecule has 0 atom stereocenters. The van der Waals surface area contributed by atoms with Gasteiger partial charge in [0.2, 0.25) is 0 Å². The molecule has 3 aromatic carbocycles. The van der Waals surface area contributed by atoms with Gasteiger partial charge < -0.3 is 0 Å². The highest BCUT2D eigenvalue weighted by Gasteiger charge is 2.10. The van der Waals surface area contributed by atoms with Gasteiger partial charge in [-0.2, -0.15) is 0 Å². The minimum Gasteiger partial charge on any atom is -0.0617 e. The van der Waals surface area contributed by atoms with Gasteiger partial charge in [0.1, 0.15) is 0 Å². The Morgan fingerprint density at radius 2 is 1.40 bits per heavy atom. The molecule has 0 aromatic heterocycles. The molecule has 3 aromatic rings. The van der Waals surface area contributed by atoms with Gasteiger partial charge in [0.15, 0.2) is 0 Å². The third-order valence-corrected chi connectivity index (χ3v) is 4.76. The predicted molar refractivity (Wildman–Crippen MR) is 91.3 cm³/mol. The van der Waals surface area contributed by atoms with Crippen LogP contribution in [0.15, 0.2) is 53.0 Å². The van der Waals surface area contributed by atoms with Crippen molar-refractivity contribution in [3.05, 3.63) is 69.7 Å². The van der Waals surface area contributed by atoms with Crippen molar-refractivity contribution in [2.45, 2.75) is 20.8 Å². The number of hydrogen-bond donors (Lipinski definition) is 0. The highest BCUT2D eigenvalue weighted by molar-refractivity contribution is 9.10. The lowest BCUT2D eigenvalue weighted by Crippen LogP contribution is -1.90. The standard InChI is InChI=1S/C19H17Br/c1-12-6-4-7-13(2)19(12)16-9-5-8-15-10-14(3)18(20)11-17(15)16/h4-11H,1-3H3. The monoisotopic (exact) mass is 324 g/mol. The minimum absolute atomic E-state index is 1.17. The Hall–Kier alpha value is -1.60. The van der Waals surface area contributed by atoms with Gasteiger partial charge in [0.25, 0.3) is 0 Å². The largest absolute Gasteiger partial charge is 0.0617 e. The van der Waals surface area contributed by atoms with Crippen molar-refractivity contribution in [3.63, 3.8) is 0 Å². The Morgan fingerprint density at radius 3 is 2.10 bits per heavy atom. The molecule has 0 nitrogen and oxygen atoms in total. The van der Waals surface area contributed by atoms with Crippen LogP contribution in [0.4, 0.5) is 0 Å². The second-order valence-electron chi connectivity index (χ2n) is 5.39. The first-order chi connectivity index (χ1) is 9.58. The zero-order valence-electron chi connectivity index (χ0n) is 12.0. The molecule has 100 valence electrons. The van der Waals surface area contributed by atoms with Crippen molar-refractivity contribution in [1.82, 2.24) is 0 Å². The van der Waals surface area contributed by atoms with Crippen LogP contribution in [0.5, 0.6) is 0 Å². The van der Waals surface area contributed by atoms with Gasteiger partial charge in [-0.3, -0.25) is 0 Å². The summed E-state index contributed by atoms with van der Waals surface area (Å²) in [5.74, 6) is 0. The van der Waals surface area contributed by atoms with Gasteiger partial charge in [-0.15, -0.1) is 0 Å². The van der Waals surface area contributed by atoms with Gasteiger partial charge in [-0.25, -0.2) is 0 Å². The maximum absolute atomic E-state index is 3.66. The Morgan fingerprint density at radius 1 is 0.750 bits per heavy atom. The Balaban J connectivity index is 2.40. The van der Waals surface area contributed by atoms with E-state index < -0.39 is 0 Å². The number of aryl methyl sites for hydroxylation is 3. The van der Waals surface area contributed by atoms with Crippen LogP contribution in [-0.2, 0) is 0 Å². The summed E-state index contributed by atoms with van der Waals surface area (Å²) in [6.07, 6.45) is 0. The lowest BCUT2D eigenvalue weighted by molar-refractivity contribution is 1.38. The van der Waals surface area contributed by atoms with Crippen molar-refractivity contribution in [1.29, 1.82) is 0 Å². The van der Waals surface area contributed by atoms with Gasteiger partial charge in [-0.1, -0.05) is 58.4 Å². The molecule has 0 saturated carbocycles. The molecular formula is C19H17Br. The summed E-state index contributed by atoms with van der Waals surface area (Å²) in [6.45, 7) is 6.50. The second-order valence-corrected chi connectivity index (χ2v) is 6.25. The van der Waals surface area contributed by atoms with Crippen LogP contribution in [0.1, 0.15) is 16.7 Å². The number of rotatable bonds is 1. The van der Waals surface area contributed by atoms with Crippen LogP contribution >= 0.6 is 15.9 Å². The Bertz CT molecular complexity index is 780. The molecule has 20 heavy (non-hydrogen) atoms. The minimum atomic E-state index is 1.17. The van der Waals surface area contributed by atoms with Crippen LogP contribution in [-0.4, -0.2) is 0 Å². The molecule has 0 fully saturated rings.